The highest BCUT2D eigenvalue weighted by molar-refractivity contribution is 5.91. The van der Waals surface area contributed by atoms with Crippen molar-refractivity contribution in [3.8, 4) is 11.5 Å². The SMILES string of the molecule is CCC(N)CC(=O)Nc1cccc(-c2nnco2)c1. The number of carbonyl (C=O) groups is 1. The van der Waals surface area contributed by atoms with Crippen molar-refractivity contribution in [2.45, 2.75) is 25.8 Å². The van der Waals surface area contributed by atoms with E-state index in [2.05, 4.69) is 15.5 Å². The van der Waals surface area contributed by atoms with E-state index in [1.54, 1.807) is 12.1 Å². The van der Waals surface area contributed by atoms with E-state index in [-0.39, 0.29) is 11.9 Å². The van der Waals surface area contributed by atoms with Crippen molar-refractivity contribution in [3.05, 3.63) is 30.7 Å². The second-order valence-corrected chi connectivity index (χ2v) is 4.25. The van der Waals surface area contributed by atoms with Gasteiger partial charge in [0.2, 0.25) is 18.2 Å². The normalized spacial score (nSPS) is 12.1. The maximum absolute atomic E-state index is 11.7. The molecule has 0 saturated heterocycles. The Hall–Kier alpha value is -2.21. The Morgan fingerprint density at radius 2 is 2.37 bits per heavy atom. The molecule has 0 aliphatic heterocycles. The molecule has 1 amide bonds. The van der Waals surface area contributed by atoms with Gasteiger partial charge in [-0.05, 0) is 24.6 Å². The van der Waals surface area contributed by atoms with Crippen LogP contribution in [-0.2, 0) is 4.79 Å². The number of hydrogen-bond donors (Lipinski definition) is 2. The van der Waals surface area contributed by atoms with Crippen molar-refractivity contribution in [2.24, 2.45) is 5.73 Å². The van der Waals surface area contributed by atoms with Crippen molar-refractivity contribution in [1.29, 1.82) is 0 Å². The molecular formula is C13H16N4O2. The molecule has 1 aromatic carbocycles. The molecule has 0 fully saturated rings. The molecule has 2 aromatic rings. The third kappa shape index (κ3) is 3.62. The van der Waals surface area contributed by atoms with Crippen molar-refractivity contribution in [2.75, 3.05) is 5.32 Å². The average molecular weight is 260 g/mol. The lowest BCUT2D eigenvalue weighted by Gasteiger charge is -2.09. The Morgan fingerprint density at radius 3 is 3.05 bits per heavy atom. The molecule has 0 spiro atoms. The lowest BCUT2D eigenvalue weighted by atomic mass is 10.1. The molecule has 1 atom stereocenters. The Kier molecular flexibility index (Phi) is 4.25. The number of aromatic nitrogens is 2. The molecule has 0 saturated carbocycles. The number of anilines is 1. The third-order valence-electron chi connectivity index (χ3n) is 2.73. The van der Waals surface area contributed by atoms with Crippen LogP contribution in [0.4, 0.5) is 5.69 Å². The van der Waals surface area contributed by atoms with E-state index in [4.69, 9.17) is 10.2 Å². The molecule has 1 aromatic heterocycles. The van der Waals surface area contributed by atoms with Gasteiger partial charge in [0.1, 0.15) is 0 Å². The van der Waals surface area contributed by atoms with E-state index in [1.807, 2.05) is 19.1 Å². The van der Waals surface area contributed by atoms with Crippen LogP contribution in [0.15, 0.2) is 35.1 Å². The first-order chi connectivity index (χ1) is 9.19. The van der Waals surface area contributed by atoms with Gasteiger partial charge in [-0.15, -0.1) is 10.2 Å². The number of rotatable bonds is 5. The Balaban J connectivity index is 2.05. The van der Waals surface area contributed by atoms with E-state index in [1.165, 1.54) is 6.39 Å². The minimum absolute atomic E-state index is 0.1000. The van der Waals surface area contributed by atoms with Crippen LogP contribution in [0, 0.1) is 0 Å². The van der Waals surface area contributed by atoms with Gasteiger partial charge in [0, 0.05) is 23.7 Å². The van der Waals surface area contributed by atoms with E-state index in [0.717, 1.165) is 12.0 Å². The van der Waals surface area contributed by atoms with Crippen LogP contribution in [-0.4, -0.2) is 22.1 Å². The fourth-order valence-corrected chi connectivity index (χ4v) is 1.62. The zero-order valence-corrected chi connectivity index (χ0v) is 10.7. The van der Waals surface area contributed by atoms with Gasteiger partial charge in [0.05, 0.1) is 0 Å². The molecule has 1 heterocycles. The molecule has 6 nitrogen and oxygen atoms in total. The van der Waals surface area contributed by atoms with Crippen LogP contribution in [0.5, 0.6) is 0 Å². The second kappa shape index (κ2) is 6.10. The van der Waals surface area contributed by atoms with Crippen LogP contribution < -0.4 is 11.1 Å². The summed E-state index contributed by atoms with van der Waals surface area (Å²) in [5, 5.41) is 10.2. The number of amides is 1. The maximum atomic E-state index is 11.7. The fourth-order valence-electron chi connectivity index (χ4n) is 1.62. The zero-order chi connectivity index (χ0) is 13.7. The molecule has 3 N–H and O–H groups in total. The molecule has 6 heteroatoms. The number of nitrogens with one attached hydrogen (secondary N) is 1. The van der Waals surface area contributed by atoms with Crippen molar-refractivity contribution < 1.29 is 9.21 Å². The van der Waals surface area contributed by atoms with E-state index in [9.17, 15) is 4.79 Å². The van der Waals surface area contributed by atoms with Gasteiger partial charge in [0.15, 0.2) is 0 Å². The molecule has 1 unspecified atom stereocenters. The molecule has 0 bridgehead atoms. The number of hydrogen-bond acceptors (Lipinski definition) is 5. The topological polar surface area (TPSA) is 94.0 Å². The van der Waals surface area contributed by atoms with Crippen molar-refractivity contribution in [1.82, 2.24) is 10.2 Å². The van der Waals surface area contributed by atoms with Gasteiger partial charge in [0.25, 0.3) is 0 Å². The average Bonchev–Trinajstić information content (AvgIpc) is 2.92. The molecule has 2 rings (SSSR count). The van der Waals surface area contributed by atoms with E-state index in [0.29, 0.717) is 18.0 Å². The summed E-state index contributed by atoms with van der Waals surface area (Å²) in [6, 6.07) is 7.12. The summed E-state index contributed by atoms with van der Waals surface area (Å²) in [4.78, 5) is 11.7. The fraction of sp³-hybridized carbons (Fsp3) is 0.308. The number of carbonyl (C=O) groups excluding carboxylic acids is 1. The predicted octanol–water partition coefficient (Wildman–Crippen LogP) is 1.80. The number of nitrogens with two attached hydrogens (primary N) is 1. The summed E-state index contributed by atoms with van der Waals surface area (Å²) in [5.74, 6) is 0.318. The highest BCUT2D eigenvalue weighted by atomic mass is 16.4. The largest absolute Gasteiger partial charge is 0.423 e. The molecule has 19 heavy (non-hydrogen) atoms. The van der Waals surface area contributed by atoms with E-state index < -0.39 is 0 Å². The lowest BCUT2D eigenvalue weighted by molar-refractivity contribution is -0.116. The standard InChI is InChI=1S/C13H16N4O2/c1-2-10(14)7-12(18)16-11-5-3-4-9(6-11)13-17-15-8-19-13/h3-6,8,10H,2,7,14H2,1H3,(H,16,18). The first-order valence-corrected chi connectivity index (χ1v) is 6.11. The Morgan fingerprint density at radius 1 is 1.53 bits per heavy atom. The summed E-state index contributed by atoms with van der Waals surface area (Å²) in [7, 11) is 0. The quantitative estimate of drug-likeness (QED) is 0.854. The summed E-state index contributed by atoms with van der Waals surface area (Å²) in [6.45, 7) is 1.95. The van der Waals surface area contributed by atoms with Crippen molar-refractivity contribution >= 4 is 11.6 Å². The van der Waals surface area contributed by atoms with Gasteiger partial charge < -0.3 is 15.5 Å². The summed E-state index contributed by atoms with van der Waals surface area (Å²) in [5.41, 5.74) is 7.18. The third-order valence-corrected chi connectivity index (χ3v) is 2.73. The van der Waals surface area contributed by atoms with Crippen molar-refractivity contribution in [3.63, 3.8) is 0 Å². The highest BCUT2D eigenvalue weighted by Crippen LogP contribution is 2.20. The monoisotopic (exact) mass is 260 g/mol. The van der Waals surface area contributed by atoms with Gasteiger partial charge >= 0.3 is 0 Å². The van der Waals surface area contributed by atoms with Gasteiger partial charge in [-0.1, -0.05) is 13.0 Å². The van der Waals surface area contributed by atoms with Crippen LogP contribution in [0.2, 0.25) is 0 Å². The lowest BCUT2D eigenvalue weighted by Crippen LogP contribution is -2.26. The summed E-state index contributed by atoms with van der Waals surface area (Å²) >= 11 is 0. The molecular weight excluding hydrogens is 244 g/mol. The summed E-state index contributed by atoms with van der Waals surface area (Å²) < 4.78 is 5.11. The number of benzene rings is 1. The van der Waals surface area contributed by atoms with Gasteiger partial charge in [-0.3, -0.25) is 4.79 Å². The van der Waals surface area contributed by atoms with Crippen LogP contribution >= 0.6 is 0 Å². The maximum Gasteiger partial charge on any atom is 0.247 e. The number of nitrogens with zero attached hydrogens (tertiary/aromatic N) is 2. The predicted molar refractivity (Wildman–Crippen MR) is 71.2 cm³/mol. The molecule has 0 aliphatic rings. The van der Waals surface area contributed by atoms with Crippen LogP contribution in [0.3, 0.4) is 0 Å². The van der Waals surface area contributed by atoms with Gasteiger partial charge in [-0.25, -0.2) is 0 Å². The minimum Gasteiger partial charge on any atom is -0.423 e. The van der Waals surface area contributed by atoms with Gasteiger partial charge in [-0.2, -0.15) is 0 Å². The smallest absolute Gasteiger partial charge is 0.247 e. The van der Waals surface area contributed by atoms with Crippen LogP contribution in [0.1, 0.15) is 19.8 Å². The molecule has 0 aliphatic carbocycles. The van der Waals surface area contributed by atoms with Crippen LogP contribution in [0.25, 0.3) is 11.5 Å². The zero-order valence-electron chi connectivity index (χ0n) is 10.7. The Labute approximate surface area is 111 Å². The molecule has 100 valence electrons. The molecule has 0 radical (unpaired) electrons. The second-order valence-electron chi connectivity index (χ2n) is 4.25. The first kappa shape index (κ1) is 13.2. The Bertz CT molecular complexity index is 539. The first-order valence-electron chi connectivity index (χ1n) is 6.11. The summed E-state index contributed by atoms with van der Waals surface area (Å²) in [6.07, 6.45) is 2.34. The van der Waals surface area contributed by atoms with E-state index >= 15 is 0 Å². The minimum atomic E-state index is -0.112. The highest BCUT2D eigenvalue weighted by Gasteiger charge is 2.09.